The summed E-state index contributed by atoms with van der Waals surface area (Å²) in [6.45, 7) is 1.95. The second kappa shape index (κ2) is 9.03. The number of nitrogens with one attached hydrogen (secondary N) is 1. The van der Waals surface area contributed by atoms with E-state index in [1.54, 1.807) is 50.4 Å². The molecule has 0 bridgehead atoms. The van der Waals surface area contributed by atoms with Gasteiger partial charge in [0, 0.05) is 6.54 Å². The number of hydrogen-bond acceptors (Lipinski definition) is 5. The second-order valence-electron chi connectivity index (χ2n) is 8.54. The van der Waals surface area contributed by atoms with Crippen LogP contribution in [0.1, 0.15) is 42.4 Å². The van der Waals surface area contributed by atoms with E-state index < -0.39 is 10.0 Å². The quantitative estimate of drug-likeness (QED) is 0.646. The van der Waals surface area contributed by atoms with Crippen LogP contribution in [0.15, 0.2) is 47.4 Å². The first-order valence-corrected chi connectivity index (χ1v) is 12.4. The van der Waals surface area contributed by atoms with E-state index in [0.29, 0.717) is 16.9 Å². The molecule has 0 aromatic heterocycles. The summed E-state index contributed by atoms with van der Waals surface area (Å²) in [4.78, 5) is 27.0. The maximum absolute atomic E-state index is 13.0. The van der Waals surface area contributed by atoms with Crippen LogP contribution in [0.2, 0.25) is 0 Å². The van der Waals surface area contributed by atoms with Gasteiger partial charge in [0.1, 0.15) is 5.75 Å². The first-order valence-electron chi connectivity index (χ1n) is 10.9. The minimum absolute atomic E-state index is 0.101. The van der Waals surface area contributed by atoms with Gasteiger partial charge in [-0.3, -0.25) is 14.5 Å². The van der Waals surface area contributed by atoms with Gasteiger partial charge >= 0.3 is 0 Å². The van der Waals surface area contributed by atoms with Crippen LogP contribution in [-0.4, -0.2) is 32.2 Å². The van der Waals surface area contributed by atoms with E-state index in [4.69, 9.17) is 4.74 Å². The third kappa shape index (κ3) is 4.42. The third-order valence-corrected chi connectivity index (χ3v) is 7.96. The Balaban J connectivity index is 1.52. The fourth-order valence-corrected chi connectivity index (χ4v) is 5.95. The molecule has 170 valence electrons. The molecule has 7 nitrogen and oxygen atoms in total. The summed E-state index contributed by atoms with van der Waals surface area (Å²) in [5, 5.41) is 0. The minimum atomic E-state index is -3.79. The fourth-order valence-electron chi connectivity index (χ4n) is 4.64. The number of sulfonamides is 1. The second-order valence-corrected chi connectivity index (χ2v) is 10.3. The van der Waals surface area contributed by atoms with Crippen LogP contribution in [0.25, 0.3) is 0 Å². The molecule has 4 rings (SSSR count). The molecule has 2 aromatic rings. The molecule has 2 aliphatic rings. The van der Waals surface area contributed by atoms with Gasteiger partial charge in [0.25, 0.3) is 0 Å². The zero-order valence-corrected chi connectivity index (χ0v) is 19.2. The Morgan fingerprint density at radius 2 is 1.69 bits per heavy atom. The normalized spacial score (nSPS) is 21.0. The molecule has 0 radical (unpaired) electrons. The van der Waals surface area contributed by atoms with Crippen LogP contribution in [0, 0.1) is 18.8 Å². The summed E-state index contributed by atoms with van der Waals surface area (Å²) in [5.74, 6) is -0.0223. The number of hydrogen-bond donors (Lipinski definition) is 1. The maximum atomic E-state index is 13.0. The molecular formula is C24H28N2O5S. The summed E-state index contributed by atoms with van der Waals surface area (Å²) in [6.07, 6.45) is 3.46. The molecule has 2 aromatic carbocycles. The number of likely N-dealkylation sites (tertiary alicyclic amines) is 1. The van der Waals surface area contributed by atoms with Crippen molar-refractivity contribution in [2.24, 2.45) is 11.8 Å². The molecule has 32 heavy (non-hydrogen) atoms. The SMILES string of the molecule is COc1cccc(CNS(=O)(=O)c2cc(CN3C(=O)[C@H]4CCCC[C@@H]4C3=O)ccc2C)c1. The van der Waals surface area contributed by atoms with E-state index in [2.05, 4.69) is 4.72 Å². The first-order chi connectivity index (χ1) is 15.3. The van der Waals surface area contributed by atoms with Crippen molar-refractivity contribution in [3.05, 3.63) is 59.2 Å². The van der Waals surface area contributed by atoms with Gasteiger partial charge < -0.3 is 4.74 Å². The number of carbonyl (C=O) groups excluding carboxylic acids is 2. The van der Waals surface area contributed by atoms with E-state index in [-0.39, 0.29) is 41.6 Å². The average Bonchev–Trinajstić information content (AvgIpc) is 3.04. The van der Waals surface area contributed by atoms with Crippen molar-refractivity contribution >= 4 is 21.8 Å². The lowest BCUT2D eigenvalue weighted by Crippen LogP contribution is -2.30. The number of fused-ring (bicyclic) bond motifs is 1. The van der Waals surface area contributed by atoms with Crippen LogP contribution in [0.5, 0.6) is 5.75 Å². The highest BCUT2D eigenvalue weighted by Gasteiger charge is 2.47. The number of imide groups is 1. The summed E-state index contributed by atoms with van der Waals surface area (Å²) >= 11 is 0. The smallest absolute Gasteiger partial charge is 0.241 e. The molecule has 2 fully saturated rings. The Kier molecular flexibility index (Phi) is 6.35. The van der Waals surface area contributed by atoms with E-state index in [0.717, 1.165) is 31.2 Å². The molecule has 1 saturated heterocycles. The first kappa shape index (κ1) is 22.5. The number of nitrogens with zero attached hydrogens (tertiary/aromatic N) is 1. The van der Waals surface area contributed by atoms with Crippen molar-refractivity contribution in [3.63, 3.8) is 0 Å². The van der Waals surface area contributed by atoms with Gasteiger partial charge in [-0.1, -0.05) is 37.1 Å². The molecule has 1 aliphatic carbocycles. The maximum Gasteiger partial charge on any atom is 0.241 e. The molecule has 1 N–H and O–H groups in total. The lowest BCUT2D eigenvalue weighted by Gasteiger charge is -2.19. The molecule has 2 amide bonds. The van der Waals surface area contributed by atoms with Gasteiger partial charge in [0.15, 0.2) is 0 Å². The van der Waals surface area contributed by atoms with Gasteiger partial charge in [-0.2, -0.15) is 0 Å². The number of ether oxygens (including phenoxy) is 1. The monoisotopic (exact) mass is 456 g/mol. The number of rotatable bonds is 7. The Bertz CT molecular complexity index is 1120. The van der Waals surface area contributed by atoms with Crippen molar-refractivity contribution in [1.29, 1.82) is 0 Å². The van der Waals surface area contributed by atoms with E-state index in [1.165, 1.54) is 4.90 Å². The Morgan fingerprint density at radius 1 is 1.00 bits per heavy atom. The molecule has 1 aliphatic heterocycles. The number of amides is 2. The van der Waals surface area contributed by atoms with E-state index in [1.807, 2.05) is 6.07 Å². The Hall–Kier alpha value is -2.71. The Morgan fingerprint density at radius 3 is 2.34 bits per heavy atom. The molecule has 1 saturated carbocycles. The standard InChI is InChI=1S/C24H28N2O5S/c1-16-10-11-18(15-26-23(27)20-8-3-4-9-21(20)24(26)28)13-22(16)32(29,30)25-14-17-6-5-7-19(12-17)31-2/h5-7,10-13,20-21,25H,3-4,8-9,14-15H2,1-2H3/t20-,21-/m0/s1. The van der Waals surface area contributed by atoms with Crippen molar-refractivity contribution in [2.75, 3.05) is 7.11 Å². The minimum Gasteiger partial charge on any atom is -0.497 e. The van der Waals surface area contributed by atoms with Crippen molar-refractivity contribution in [3.8, 4) is 5.75 Å². The number of benzene rings is 2. The van der Waals surface area contributed by atoms with Gasteiger partial charge in [-0.15, -0.1) is 0 Å². The number of aryl methyl sites for hydroxylation is 1. The average molecular weight is 457 g/mol. The van der Waals surface area contributed by atoms with Crippen molar-refractivity contribution < 1.29 is 22.7 Å². The summed E-state index contributed by atoms with van der Waals surface area (Å²) < 4.78 is 33.8. The number of carbonyl (C=O) groups is 2. The predicted molar refractivity (Wildman–Crippen MR) is 119 cm³/mol. The summed E-state index contributed by atoms with van der Waals surface area (Å²) in [5.41, 5.74) is 2.00. The van der Waals surface area contributed by atoms with Crippen LogP contribution < -0.4 is 9.46 Å². The van der Waals surface area contributed by atoms with Crippen molar-refractivity contribution in [2.45, 2.75) is 50.6 Å². The fraction of sp³-hybridized carbons (Fsp3) is 0.417. The highest BCUT2D eigenvalue weighted by atomic mass is 32.2. The van der Waals surface area contributed by atoms with Crippen LogP contribution in [-0.2, 0) is 32.7 Å². The highest BCUT2D eigenvalue weighted by molar-refractivity contribution is 7.89. The van der Waals surface area contributed by atoms with Crippen LogP contribution in [0.4, 0.5) is 0 Å². The molecule has 0 spiro atoms. The van der Waals surface area contributed by atoms with E-state index >= 15 is 0 Å². The molecule has 8 heteroatoms. The summed E-state index contributed by atoms with van der Waals surface area (Å²) in [7, 11) is -2.23. The highest BCUT2D eigenvalue weighted by Crippen LogP contribution is 2.38. The lowest BCUT2D eigenvalue weighted by molar-refractivity contribution is -0.140. The van der Waals surface area contributed by atoms with Crippen molar-refractivity contribution in [1.82, 2.24) is 9.62 Å². The van der Waals surface area contributed by atoms with Crippen LogP contribution in [0.3, 0.4) is 0 Å². The van der Waals surface area contributed by atoms with Gasteiger partial charge in [-0.25, -0.2) is 13.1 Å². The third-order valence-electron chi connectivity index (χ3n) is 6.42. The Labute approximate surface area is 188 Å². The molecular weight excluding hydrogens is 428 g/mol. The molecule has 0 unspecified atom stereocenters. The predicted octanol–water partition coefficient (Wildman–Crippen LogP) is 3.16. The van der Waals surface area contributed by atoms with Crippen LogP contribution >= 0.6 is 0 Å². The van der Waals surface area contributed by atoms with Gasteiger partial charge in [0.05, 0.1) is 30.4 Å². The molecule has 2 atom stereocenters. The van der Waals surface area contributed by atoms with Gasteiger partial charge in [-0.05, 0) is 54.7 Å². The lowest BCUT2D eigenvalue weighted by atomic mass is 9.81. The zero-order valence-electron chi connectivity index (χ0n) is 18.3. The van der Waals surface area contributed by atoms with Gasteiger partial charge in [0.2, 0.25) is 21.8 Å². The zero-order chi connectivity index (χ0) is 22.9. The topological polar surface area (TPSA) is 92.8 Å². The summed E-state index contributed by atoms with van der Waals surface area (Å²) in [6, 6.07) is 12.2. The number of methoxy groups -OCH3 is 1. The largest absolute Gasteiger partial charge is 0.497 e. The van der Waals surface area contributed by atoms with E-state index in [9.17, 15) is 18.0 Å². The molecule has 1 heterocycles.